The van der Waals surface area contributed by atoms with Gasteiger partial charge in [-0.25, -0.2) is 13.2 Å². The van der Waals surface area contributed by atoms with Crippen molar-refractivity contribution >= 4 is 39.0 Å². The van der Waals surface area contributed by atoms with Gasteiger partial charge in [0.05, 0.1) is 15.8 Å². The van der Waals surface area contributed by atoms with E-state index in [0.29, 0.717) is 0 Å². The lowest BCUT2D eigenvalue weighted by Gasteiger charge is -2.07. The molecule has 8 heteroatoms. The molecular weight excluding hydrogens is 339 g/mol. The van der Waals surface area contributed by atoms with E-state index in [1.165, 1.54) is 31.2 Å². The highest BCUT2D eigenvalue weighted by atomic mass is 35.5. The number of carboxylic acids is 1. The van der Waals surface area contributed by atoms with Crippen molar-refractivity contribution in [3.63, 3.8) is 0 Å². The molecule has 2 rings (SSSR count). The highest BCUT2D eigenvalue weighted by Gasteiger charge is 2.25. The Balaban J connectivity index is 2.45. The number of furan rings is 1. The maximum Gasteiger partial charge on any atom is 0.371 e. The van der Waals surface area contributed by atoms with Gasteiger partial charge in [-0.2, -0.15) is 0 Å². The first-order valence-corrected chi connectivity index (χ1v) is 8.12. The molecule has 0 bridgehead atoms. The van der Waals surface area contributed by atoms with Gasteiger partial charge in [0.1, 0.15) is 10.7 Å². The molecule has 0 amide bonds. The van der Waals surface area contributed by atoms with E-state index in [1.807, 2.05) is 0 Å². The van der Waals surface area contributed by atoms with Crippen molar-refractivity contribution < 1.29 is 22.7 Å². The van der Waals surface area contributed by atoms with Crippen LogP contribution in [0, 0.1) is 6.92 Å². The predicted octanol–water partition coefficient (Wildman–Crippen LogP) is 3.57. The quantitative estimate of drug-likeness (QED) is 0.912. The molecule has 0 aliphatic rings. The number of aryl methyl sites for hydroxylation is 1. The zero-order chi connectivity index (χ0) is 15.8. The minimum atomic E-state index is -3.83. The first-order chi connectivity index (χ1) is 9.72. The second kappa shape index (κ2) is 5.71. The van der Waals surface area contributed by atoms with Crippen molar-refractivity contribution in [2.75, 3.05) is 0 Å². The molecule has 5 nitrogen and oxygen atoms in total. The van der Waals surface area contributed by atoms with Crippen molar-refractivity contribution in [1.29, 1.82) is 0 Å². The fourth-order valence-corrected chi connectivity index (χ4v) is 4.50. The van der Waals surface area contributed by atoms with Crippen LogP contribution in [0.2, 0.25) is 10.0 Å². The molecule has 0 radical (unpaired) electrons. The number of benzene rings is 1. The van der Waals surface area contributed by atoms with Gasteiger partial charge in [0.15, 0.2) is 9.84 Å². The third-order valence-electron chi connectivity index (χ3n) is 2.81. The topological polar surface area (TPSA) is 84.6 Å². The van der Waals surface area contributed by atoms with Gasteiger partial charge in [-0.3, -0.25) is 0 Å². The molecule has 112 valence electrons. The number of aromatic carboxylic acids is 1. The average molecular weight is 349 g/mol. The zero-order valence-corrected chi connectivity index (χ0v) is 13.1. The lowest BCUT2D eigenvalue weighted by atomic mass is 10.3. The van der Waals surface area contributed by atoms with Crippen molar-refractivity contribution in [2.24, 2.45) is 0 Å². The van der Waals surface area contributed by atoms with Crippen molar-refractivity contribution in [3.8, 4) is 0 Å². The summed E-state index contributed by atoms with van der Waals surface area (Å²) in [7, 11) is -3.83. The highest BCUT2D eigenvalue weighted by molar-refractivity contribution is 7.90. The summed E-state index contributed by atoms with van der Waals surface area (Å²) in [5, 5.41) is 8.87. The van der Waals surface area contributed by atoms with Crippen LogP contribution in [-0.2, 0) is 15.6 Å². The minimum absolute atomic E-state index is 0.0158. The van der Waals surface area contributed by atoms with Crippen molar-refractivity contribution in [1.82, 2.24) is 0 Å². The zero-order valence-electron chi connectivity index (χ0n) is 10.8. The Bertz CT molecular complexity index is 788. The van der Waals surface area contributed by atoms with Gasteiger partial charge in [-0.1, -0.05) is 29.3 Å². The number of hydrogen-bond donors (Lipinski definition) is 1. The lowest BCUT2D eigenvalue weighted by Crippen LogP contribution is -2.06. The van der Waals surface area contributed by atoms with Crippen LogP contribution in [0.25, 0.3) is 0 Å². The third-order valence-corrected chi connectivity index (χ3v) is 5.41. The smallest absolute Gasteiger partial charge is 0.371 e. The molecule has 0 saturated carbocycles. The van der Waals surface area contributed by atoms with Gasteiger partial charge >= 0.3 is 5.97 Å². The molecule has 0 atom stereocenters. The summed E-state index contributed by atoms with van der Waals surface area (Å²) in [5.74, 6) is -1.81. The van der Waals surface area contributed by atoms with Crippen molar-refractivity contribution in [3.05, 3.63) is 51.4 Å². The van der Waals surface area contributed by atoms with E-state index in [-0.39, 0.29) is 32.0 Å². The number of sulfone groups is 1. The van der Waals surface area contributed by atoms with Crippen molar-refractivity contribution in [2.45, 2.75) is 17.6 Å². The van der Waals surface area contributed by atoms with E-state index in [9.17, 15) is 13.2 Å². The summed E-state index contributed by atoms with van der Waals surface area (Å²) >= 11 is 11.8. The van der Waals surface area contributed by atoms with Crippen LogP contribution in [0.1, 0.15) is 21.9 Å². The molecule has 0 unspecified atom stereocenters. The minimum Gasteiger partial charge on any atom is -0.475 e. The van der Waals surface area contributed by atoms with Crippen LogP contribution in [0.3, 0.4) is 0 Å². The number of carbonyl (C=O) groups is 1. The fraction of sp³-hybridized carbons (Fsp3) is 0.154. The first kappa shape index (κ1) is 15.9. The molecule has 1 aromatic carbocycles. The van der Waals surface area contributed by atoms with Gasteiger partial charge in [-0.15, -0.1) is 0 Å². The van der Waals surface area contributed by atoms with E-state index in [1.54, 1.807) is 0 Å². The van der Waals surface area contributed by atoms with E-state index in [4.69, 9.17) is 32.7 Å². The third kappa shape index (κ3) is 3.23. The van der Waals surface area contributed by atoms with E-state index in [2.05, 4.69) is 0 Å². The Labute approximate surface area is 131 Å². The van der Waals surface area contributed by atoms with Crippen LogP contribution in [0.4, 0.5) is 0 Å². The molecular formula is C13H10Cl2O5S. The lowest BCUT2D eigenvalue weighted by molar-refractivity contribution is 0.0661. The Kier molecular flexibility index (Phi) is 4.32. The summed E-state index contributed by atoms with van der Waals surface area (Å²) in [6.07, 6.45) is 0. The molecule has 1 N–H and O–H groups in total. The Morgan fingerprint density at radius 2 is 1.86 bits per heavy atom. The molecule has 1 heterocycles. The Morgan fingerprint density at radius 1 is 1.29 bits per heavy atom. The molecule has 0 aliphatic carbocycles. The van der Waals surface area contributed by atoms with Crippen LogP contribution in [0.5, 0.6) is 0 Å². The maximum atomic E-state index is 12.4. The Hall–Kier alpha value is -1.50. The van der Waals surface area contributed by atoms with E-state index >= 15 is 0 Å². The maximum absolute atomic E-state index is 12.4. The van der Waals surface area contributed by atoms with Gasteiger partial charge < -0.3 is 9.52 Å². The average Bonchev–Trinajstić information content (AvgIpc) is 2.70. The second-order valence-corrected chi connectivity index (χ2v) is 7.05. The first-order valence-electron chi connectivity index (χ1n) is 5.71. The number of carboxylic acid groups (broad SMARTS) is 1. The summed E-state index contributed by atoms with van der Waals surface area (Å²) in [6, 6.07) is 5.56. The van der Waals surface area contributed by atoms with Crippen LogP contribution < -0.4 is 0 Å². The molecule has 1 aromatic heterocycles. The van der Waals surface area contributed by atoms with Crippen LogP contribution in [0.15, 0.2) is 33.6 Å². The molecule has 0 aliphatic heterocycles. The summed E-state index contributed by atoms with van der Waals surface area (Å²) in [4.78, 5) is 10.6. The van der Waals surface area contributed by atoms with E-state index < -0.39 is 21.6 Å². The largest absolute Gasteiger partial charge is 0.475 e. The van der Waals surface area contributed by atoms with Gasteiger partial charge in [-0.05, 0) is 25.1 Å². The summed E-state index contributed by atoms with van der Waals surface area (Å²) in [6.45, 7) is 1.49. The SMILES string of the molecule is Cc1oc(C(=O)O)cc1CS(=O)(=O)c1c(Cl)cccc1Cl. The molecule has 21 heavy (non-hydrogen) atoms. The molecule has 0 saturated heterocycles. The van der Waals surface area contributed by atoms with Crippen LogP contribution >= 0.6 is 23.2 Å². The van der Waals surface area contributed by atoms with Gasteiger partial charge in [0.2, 0.25) is 5.76 Å². The Morgan fingerprint density at radius 3 is 2.33 bits per heavy atom. The summed E-state index contributed by atoms with van der Waals surface area (Å²) < 4.78 is 29.8. The second-order valence-electron chi connectivity index (χ2n) is 4.31. The number of rotatable bonds is 4. The molecule has 0 spiro atoms. The standard InChI is InChI=1S/C13H10Cl2O5S/c1-7-8(5-11(20-7)13(16)17)6-21(18,19)12-9(14)3-2-4-10(12)15/h2-5H,6H2,1H3,(H,16,17). The normalized spacial score (nSPS) is 11.6. The predicted molar refractivity (Wildman–Crippen MR) is 77.8 cm³/mol. The molecule has 2 aromatic rings. The monoisotopic (exact) mass is 348 g/mol. The van der Waals surface area contributed by atoms with Gasteiger partial charge in [0, 0.05) is 5.56 Å². The number of halogens is 2. The highest BCUT2D eigenvalue weighted by Crippen LogP contribution is 2.32. The summed E-state index contributed by atoms with van der Waals surface area (Å²) in [5.41, 5.74) is 0.253. The number of hydrogen-bond acceptors (Lipinski definition) is 4. The molecule has 0 fully saturated rings. The van der Waals surface area contributed by atoms with E-state index in [0.717, 1.165) is 0 Å². The van der Waals surface area contributed by atoms with Gasteiger partial charge in [0.25, 0.3) is 0 Å². The fourth-order valence-electron chi connectivity index (χ4n) is 1.83. The van der Waals surface area contributed by atoms with Crippen LogP contribution in [-0.4, -0.2) is 19.5 Å².